The van der Waals surface area contributed by atoms with Gasteiger partial charge in [0, 0.05) is 5.69 Å². The molecule has 0 radical (unpaired) electrons. The quantitative estimate of drug-likeness (QED) is 0.743. The van der Waals surface area contributed by atoms with Gasteiger partial charge in [0.2, 0.25) is 0 Å². The van der Waals surface area contributed by atoms with Gasteiger partial charge in [-0.1, -0.05) is 24.3 Å². The highest BCUT2D eigenvalue weighted by Crippen LogP contribution is 2.20. The Labute approximate surface area is 145 Å². The zero-order chi connectivity index (χ0) is 17.8. The first kappa shape index (κ1) is 16.5. The van der Waals surface area contributed by atoms with Crippen molar-refractivity contribution in [3.05, 3.63) is 83.3 Å². The molecule has 0 saturated carbocycles. The van der Waals surface area contributed by atoms with Crippen LogP contribution in [0.1, 0.15) is 32.0 Å². The highest BCUT2D eigenvalue weighted by atomic mass is 16.3. The summed E-state index contributed by atoms with van der Waals surface area (Å²) in [6.45, 7) is 3.67. The first-order valence-electron chi connectivity index (χ1n) is 7.87. The number of carbonyl (C=O) groups excluding carboxylic acids is 2. The number of amides is 2. The highest BCUT2D eigenvalue weighted by Gasteiger charge is 2.16. The molecule has 2 aromatic carbocycles. The summed E-state index contributed by atoms with van der Waals surface area (Å²) in [5.41, 5.74) is 3.03. The minimum atomic E-state index is -0.318. The van der Waals surface area contributed by atoms with Crippen LogP contribution >= 0.6 is 0 Å². The molecule has 0 aliphatic rings. The zero-order valence-electron chi connectivity index (χ0n) is 14.0. The van der Waals surface area contributed by atoms with Gasteiger partial charge in [-0.25, -0.2) is 0 Å². The highest BCUT2D eigenvalue weighted by molar-refractivity contribution is 6.12. The maximum Gasteiger partial charge on any atom is 0.259 e. The summed E-state index contributed by atoms with van der Waals surface area (Å²) in [6, 6.07) is 16.0. The fourth-order valence-electron chi connectivity index (χ4n) is 2.52. The van der Waals surface area contributed by atoms with Crippen molar-refractivity contribution in [1.29, 1.82) is 0 Å². The predicted octanol–water partition coefficient (Wildman–Crippen LogP) is 4.40. The fraction of sp³-hybridized carbons (Fsp3) is 0.100. The molecule has 5 heteroatoms. The van der Waals surface area contributed by atoms with E-state index in [4.69, 9.17) is 4.42 Å². The Morgan fingerprint density at radius 2 is 1.60 bits per heavy atom. The van der Waals surface area contributed by atoms with E-state index < -0.39 is 0 Å². The molecule has 0 bridgehead atoms. The van der Waals surface area contributed by atoms with Gasteiger partial charge in [0.1, 0.15) is 5.76 Å². The summed E-state index contributed by atoms with van der Waals surface area (Å²) in [4.78, 5) is 25.0. The van der Waals surface area contributed by atoms with Crippen LogP contribution in [0, 0.1) is 13.8 Å². The summed E-state index contributed by atoms with van der Waals surface area (Å²) in [5, 5.41) is 5.62. The van der Waals surface area contributed by atoms with Gasteiger partial charge in [-0.15, -0.1) is 0 Å². The second-order valence-corrected chi connectivity index (χ2v) is 5.71. The molecule has 1 heterocycles. The van der Waals surface area contributed by atoms with Gasteiger partial charge < -0.3 is 15.1 Å². The van der Waals surface area contributed by atoms with E-state index in [1.165, 1.54) is 6.26 Å². The summed E-state index contributed by atoms with van der Waals surface area (Å²) in [7, 11) is 0. The van der Waals surface area contributed by atoms with Crippen molar-refractivity contribution in [2.75, 3.05) is 10.6 Å². The SMILES string of the molecule is Cc1cccc(NC(=O)c2ccccc2NC(=O)c2ccoc2C)c1. The fourth-order valence-corrected chi connectivity index (χ4v) is 2.52. The van der Waals surface area contributed by atoms with Gasteiger partial charge in [-0.3, -0.25) is 9.59 Å². The van der Waals surface area contributed by atoms with E-state index in [2.05, 4.69) is 10.6 Å². The molecule has 2 amide bonds. The number of hydrogen-bond acceptors (Lipinski definition) is 3. The largest absolute Gasteiger partial charge is 0.469 e. The van der Waals surface area contributed by atoms with E-state index in [9.17, 15) is 9.59 Å². The second-order valence-electron chi connectivity index (χ2n) is 5.71. The van der Waals surface area contributed by atoms with Crippen LogP contribution in [0.5, 0.6) is 0 Å². The molecule has 1 aromatic heterocycles. The van der Waals surface area contributed by atoms with Gasteiger partial charge in [0.05, 0.1) is 23.1 Å². The maximum absolute atomic E-state index is 12.6. The van der Waals surface area contributed by atoms with E-state index in [0.717, 1.165) is 5.56 Å². The first-order valence-corrected chi connectivity index (χ1v) is 7.87. The third kappa shape index (κ3) is 3.77. The van der Waals surface area contributed by atoms with Crippen molar-refractivity contribution in [3.63, 3.8) is 0 Å². The van der Waals surface area contributed by atoms with E-state index >= 15 is 0 Å². The number of furan rings is 1. The average molecular weight is 334 g/mol. The lowest BCUT2D eigenvalue weighted by atomic mass is 10.1. The molecule has 0 saturated heterocycles. The van der Waals surface area contributed by atoms with Crippen LogP contribution in [0.15, 0.2) is 65.3 Å². The number of benzene rings is 2. The lowest BCUT2D eigenvalue weighted by molar-refractivity contribution is 0.102. The molecule has 0 unspecified atom stereocenters. The van der Waals surface area contributed by atoms with Crippen LogP contribution in [0.4, 0.5) is 11.4 Å². The van der Waals surface area contributed by atoms with Crippen molar-refractivity contribution in [2.45, 2.75) is 13.8 Å². The number of aryl methyl sites for hydroxylation is 2. The molecular formula is C20H18N2O3. The third-order valence-corrected chi connectivity index (χ3v) is 3.80. The number of anilines is 2. The monoisotopic (exact) mass is 334 g/mol. The van der Waals surface area contributed by atoms with Crippen LogP contribution in [0.25, 0.3) is 0 Å². The predicted molar refractivity (Wildman–Crippen MR) is 97.0 cm³/mol. The molecule has 0 aliphatic carbocycles. The molecule has 0 atom stereocenters. The van der Waals surface area contributed by atoms with Gasteiger partial charge in [-0.2, -0.15) is 0 Å². The molecule has 0 spiro atoms. The molecule has 126 valence electrons. The third-order valence-electron chi connectivity index (χ3n) is 3.80. The molecule has 3 aromatic rings. The maximum atomic E-state index is 12.6. The van der Waals surface area contributed by atoms with E-state index in [-0.39, 0.29) is 11.8 Å². The van der Waals surface area contributed by atoms with E-state index in [1.54, 1.807) is 37.3 Å². The van der Waals surface area contributed by atoms with Gasteiger partial charge in [0.25, 0.3) is 11.8 Å². The zero-order valence-corrected chi connectivity index (χ0v) is 14.0. The lowest BCUT2D eigenvalue weighted by Crippen LogP contribution is -2.18. The second kappa shape index (κ2) is 7.05. The normalized spacial score (nSPS) is 10.3. The van der Waals surface area contributed by atoms with Crippen molar-refractivity contribution < 1.29 is 14.0 Å². The van der Waals surface area contributed by atoms with Crippen LogP contribution in [0.3, 0.4) is 0 Å². The Balaban J connectivity index is 1.82. The van der Waals surface area contributed by atoms with Gasteiger partial charge in [-0.05, 0) is 49.7 Å². The molecule has 0 fully saturated rings. The van der Waals surface area contributed by atoms with Gasteiger partial charge in [0.15, 0.2) is 0 Å². The Hall–Kier alpha value is -3.34. The number of carbonyl (C=O) groups is 2. The van der Waals surface area contributed by atoms with E-state index in [0.29, 0.717) is 28.3 Å². The van der Waals surface area contributed by atoms with Crippen LogP contribution in [-0.4, -0.2) is 11.8 Å². The Morgan fingerprint density at radius 1 is 0.840 bits per heavy atom. The molecule has 2 N–H and O–H groups in total. The Bertz CT molecular complexity index is 928. The first-order chi connectivity index (χ1) is 12.0. The van der Waals surface area contributed by atoms with Gasteiger partial charge >= 0.3 is 0 Å². The minimum Gasteiger partial charge on any atom is -0.469 e. The lowest BCUT2D eigenvalue weighted by Gasteiger charge is -2.11. The number of rotatable bonds is 4. The molecule has 25 heavy (non-hydrogen) atoms. The van der Waals surface area contributed by atoms with E-state index in [1.807, 2.05) is 31.2 Å². The van der Waals surface area contributed by atoms with Crippen molar-refractivity contribution in [2.24, 2.45) is 0 Å². The summed E-state index contributed by atoms with van der Waals surface area (Å²) >= 11 is 0. The molecule has 3 rings (SSSR count). The van der Waals surface area contributed by atoms with Crippen LogP contribution in [-0.2, 0) is 0 Å². The molecular weight excluding hydrogens is 316 g/mol. The molecule has 0 aliphatic heterocycles. The standard InChI is InChI=1S/C20H18N2O3/c1-13-6-5-7-15(12-13)21-20(24)17-8-3-4-9-18(17)22-19(23)16-10-11-25-14(16)2/h3-12H,1-2H3,(H,21,24)(H,22,23). The molecule has 5 nitrogen and oxygen atoms in total. The number of para-hydroxylation sites is 1. The summed E-state index contributed by atoms with van der Waals surface area (Å²) < 4.78 is 5.15. The topological polar surface area (TPSA) is 71.3 Å². The number of hydrogen-bond donors (Lipinski definition) is 2. The van der Waals surface area contributed by atoms with Crippen LogP contribution in [0.2, 0.25) is 0 Å². The van der Waals surface area contributed by atoms with Crippen molar-refractivity contribution in [1.82, 2.24) is 0 Å². The minimum absolute atomic E-state index is 0.287. The van der Waals surface area contributed by atoms with Crippen molar-refractivity contribution >= 4 is 23.2 Å². The Morgan fingerprint density at radius 3 is 2.32 bits per heavy atom. The Kier molecular flexibility index (Phi) is 4.66. The summed E-state index contributed by atoms with van der Waals surface area (Å²) in [6.07, 6.45) is 1.46. The number of nitrogens with one attached hydrogen (secondary N) is 2. The van der Waals surface area contributed by atoms with Crippen LogP contribution < -0.4 is 10.6 Å². The van der Waals surface area contributed by atoms with Crippen molar-refractivity contribution in [3.8, 4) is 0 Å². The average Bonchev–Trinajstić information content (AvgIpc) is 3.01. The summed E-state index contributed by atoms with van der Waals surface area (Å²) in [5.74, 6) is -0.0772. The smallest absolute Gasteiger partial charge is 0.259 e.